The van der Waals surface area contributed by atoms with Crippen molar-refractivity contribution in [1.29, 1.82) is 0 Å². The van der Waals surface area contributed by atoms with Crippen molar-refractivity contribution in [1.82, 2.24) is 20.5 Å². The van der Waals surface area contributed by atoms with Crippen molar-refractivity contribution in [3.63, 3.8) is 0 Å². The number of guanidine groups is 1. The molecule has 0 aliphatic carbocycles. The summed E-state index contributed by atoms with van der Waals surface area (Å²) in [5.74, 6) is 1.77. The molecule has 2 heterocycles. The summed E-state index contributed by atoms with van der Waals surface area (Å²) in [5.41, 5.74) is 2.36. The Morgan fingerprint density at radius 2 is 2.07 bits per heavy atom. The highest BCUT2D eigenvalue weighted by Crippen LogP contribution is 2.31. The number of aryl methyl sites for hydroxylation is 1. The number of aliphatic imine (C=N–C) groups is 1. The average molecular weight is 402 g/mol. The van der Waals surface area contributed by atoms with E-state index in [0.29, 0.717) is 0 Å². The van der Waals surface area contributed by atoms with E-state index in [-0.39, 0.29) is 6.04 Å². The van der Waals surface area contributed by atoms with Gasteiger partial charge in [-0.25, -0.2) is 4.98 Å². The largest absolute Gasteiger partial charge is 0.496 e. The Morgan fingerprint density at radius 1 is 1.29 bits per heavy atom. The number of nitrogens with zero attached hydrogens (tertiary/aromatic N) is 3. The number of aromatic nitrogens is 1. The number of benzene rings is 1. The molecule has 2 aromatic rings. The second-order valence-corrected chi connectivity index (χ2v) is 8.05. The number of hydrogen-bond acceptors (Lipinski definition) is 5. The van der Waals surface area contributed by atoms with E-state index in [1.54, 1.807) is 18.4 Å². The van der Waals surface area contributed by atoms with E-state index in [9.17, 15) is 0 Å². The standard InChI is InChI=1S/C21H31N5OS/c1-16-25-17(15-28-16)10-11-23-21(22-2)24-14-19(26-12-6-7-13-26)18-8-4-5-9-20(18)27-3/h4-5,8-9,15,19H,6-7,10-14H2,1-3H3,(H2,22,23,24). The highest BCUT2D eigenvalue weighted by Gasteiger charge is 2.25. The van der Waals surface area contributed by atoms with Crippen LogP contribution < -0.4 is 15.4 Å². The van der Waals surface area contributed by atoms with Crippen LogP contribution in [0.1, 0.15) is 35.1 Å². The molecule has 1 aromatic carbocycles. The van der Waals surface area contributed by atoms with Gasteiger partial charge in [0.1, 0.15) is 5.75 Å². The lowest BCUT2D eigenvalue weighted by Gasteiger charge is -2.30. The Hall–Kier alpha value is -2.12. The third-order valence-electron chi connectivity index (χ3n) is 5.11. The summed E-state index contributed by atoms with van der Waals surface area (Å²) in [4.78, 5) is 11.4. The second-order valence-electron chi connectivity index (χ2n) is 6.99. The normalized spacial score (nSPS) is 16.2. The first-order valence-electron chi connectivity index (χ1n) is 9.93. The van der Waals surface area contributed by atoms with E-state index in [4.69, 9.17) is 4.74 Å². The first-order chi connectivity index (χ1) is 13.7. The number of methoxy groups -OCH3 is 1. The molecular weight excluding hydrogens is 370 g/mol. The maximum Gasteiger partial charge on any atom is 0.191 e. The Kier molecular flexibility index (Phi) is 7.68. The van der Waals surface area contributed by atoms with Gasteiger partial charge in [0.2, 0.25) is 0 Å². The van der Waals surface area contributed by atoms with Gasteiger partial charge in [-0.2, -0.15) is 0 Å². The van der Waals surface area contributed by atoms with Crippen LogP contribution >= 0.6 is 11.3 Å². The molecule has 3 rings (SSSR count). The molecule has 1 atom stereocenters. The Labute approximate surface area is 172 Å². The predicted molar refractivity (Wildman–Crippen MR) is 116 cm³/mol. The lowest BCUT2D eigenvalue weighted by Crippen LogP contribution is -2.43. The highest BCUT2D eigenvalue weighted by atomic mass is 32.1. The van der Waals surface area contributed by atoms with E-state index in [2.05, 4.69) is 43.0 Å². The number of hydrogen-bond donors (Lipinski definition) is 2. The van der Waals surface area contributed by atoms with Gasteiger partial charge in [0.15, 0.2) is 5.96 Å². The van der Waals surface area contributed by atoms with Gasteiger partial charge in [-0.05, 0) is 38.9 Å². The highest BCUT2D eigenvalue weighted by molar-refractivity contribution is 7.09. The molecule has 1 aliphatic rings. The van der Waals surface area contributed by atoms with Gasteiger partial charge in [-0.1, -0.05) is 18.2 Å². The first kappa shape index (κ1) is 20.6. The van der Waals surface area contributed by atoms with Crippen LogP contribution in [0.25, 0.3) is 0 Å². The summed E-state index contributed by atoms with van der Waals surface area (Å²) in [6.07, 6.45) is 3.41. The monoisotopic (exact) mass is 401 g/mol. The van der Waals surface area contributed by atoms with Crippen LogP contribution in [0.5, 0.6) is 5.75 Å². The third-order valence-corrected chi connectivity index (χ3v) is 5.93. The van der Waals surface area contributed by atoms with Gasteiger partial charge in [0, 0.05) is 37.5 Å². The van der Waals surface area contributed by atoms with Crippen molar-refractivity contribution in [3.05, 3.63) is 45.9 Å². The Balaban J connectivity index is 1.60. The lowest BCUT2D eigenvalue weighted by atomic mass is 10.0. The molecule has 0 spiro atoms. The van der Waals surface area contributed by atoms with Crippen LogP contribution in [0.2, 0.25) is 0 Å². The number of nitrogens with one attached hydrogen (secondary N) is 2. The molecule has 0 bridgehead atoms. The third kappa shape index (κ3) is 5.45. The second kappa shape index (κ2) is 10.4. The molecule has 152 valence electrons. The maximum absolute atomic E-state index is 5.63. The molecule has 1 saturated heterocycles. The van der Waals surface area contributed by atoms with Crippen LogP contribution in [-0.4, -0.2) is 56.2 Å². The van der Waals surface area contributed by atoms with Crippen molar-refractivity contribution < 1.29 is 4.74 Å². The zero-order valence-corrected chi connectivity index (χ0v) is 17.9. The summed E-state index contributed by atoms with van der Waals surface area (Å²) in [7, 11) is 3.56. The van der Waals surface area contributed by atoms with Crippen molar-refractivity contribution in [2.45, 2.75) is 32.2 Å². The molecule has 1 aromatic heterocycles. The zero-order chi connectivity index (χ0) is 19.8. The molecule has 0 amide bonds. The van der Waals surface area contributed by atoms with Crippen LogP contribution in [0.4, 0.5) is 0 Å². The van der Waals surface area contributed by atoms with Gasteiger partial charge in [-0.3, -0.25) is 9.89 Å². The van der Waals surface area contributed by atoms with Crippen molar-refractivity contribution >= 4 is 17.3 Å². The molecular formula is C21H31N5OS. The summed E-state index contributed by atoms with van der Waals surface area (Å²) in [6, 6.07) is 8.59. The first-order valence-corrected chi connectivity index (χ1v) is 10.8. The lowest BCUT2D eigenvalue weighted by molar-refractivity contribution is 0.239. The summed E-state index contributed by atoms with van der Waals surface area (Å²) >= 11 is 1.70. The van der Waals surface area contributed by atoms with Crippen molar-refractivity contribution in [2.75, 3.05) is 40.3 Å². The van der Waals surface area contributed by atoms with Crippen LogP contribution in [0, 0.1) is 6.92 Å². The van der Waals surface area contributed by atoms with E-state index in [0.717, 1.165) is 55.0 Å². The fraction of sp³-hybridized carbons (Fsp3) is 0.524. The number of ether oxygens (including phenoxy) is 1. The van der Waals surface area contributed by atoms with Gasteiger partial charge in [-0.15, -0.1) is 11.3 Å². The molecule has 2 N–H and O–H groups in total. The molecule has 28 heavy (non-hydrogen) atoms. The minimum atomic E-state index is 0.262. The van der Waals surface area contributed by atoms with Gasteiger partial charge in [0.25, 0.3) is 0 Å². The Morgan fingerprint density at radius 3 is 2.75 bits per heavy atom. The fourth-order valence-corrected chi connectivity index (χ4v) is 4.32. The van der Waals surface area contributed by atoms with Gasteiger partial charge in [0.05, 0.1) is 23.9 Å². The SMILES string of the molecule is CN=C(NCCc1csc(C)n1)NCC(c1ccccc1OC)N1CCCC1. The molecule has 0 radical (unpaired) electrons. The quantitative estimate of drug-likeness (QED) is 0.526. The van der Waals surface area contributed by atoms with Crippen molar-refractivity contribution in [2.24, 2.45) is 4.99 Å². The summed E-state index contributed by atoms with van der Waals surface area (Å²) < 4.78 is 5.63. The van der Waals surface area contributed by atoms with E-state index < -0.39 is 0 Å². The molecule has 6 nitrogen and oxygen atoms in total. The fourth-order valence-electron chi connectivity index (χ4n) is 3.68. The van der Waals surface area contributed by atoms with E-state index >= 15 is 0 Å². The Bertz CT molecular complexity index is 770. The van der Waals surface area contributed by atoms with E-state index in [1.807, 2.05) is 26.1 Å². The molecule has 0 saturated carbocycles. The molecule has 1 aliphatic heterocycles. The van der Waals surface area contributed by atoms with E-state index in [1.165, 1.54) is 18.4 Å². The molecule has 1 unspecified atom stereocenters. The van der Waals surface area contributed by atoms with Gasteiger partial charge >= 0.3 is 0 Å². The van der Waals surface area contributed by atoms with Crippen LogP contribution in [0.15, 0.2) is 34.6 Å². The minimum Gasteiger partial charge on any atom is -0.496 e. The van der Waals surface area contributed by atoms with Gasteiger partial charge < -0.3 is 15.4 Å². The predicted octanol–water partition coefficient (Wildman–Crippen LogP) is 3.00. The number of thiazole rings is 1. The maximum atomic E-state index is 5.63. The summed E-state index contributed by atoms with van der Waals surface area (Å²) in [5, 5.41) is 10.2. The van der Waals surface area contributed by atoms with Crippen LogP contribution in [0.3, 0.4) is 0 Å². The smallest absolute Gasteiger partial charge is 0.191 e. The molecule has 7 heteroatoms. The number of rotatable bonds is 8. The summed E-state index contributed by atoms with van der Waals surface area (Å²) in [6.45, 7) is 5.89. The zero-order valence-electron chi connectivity index (χ0n) is 17.1. The topological polar surface area (TPSA) is 61.8 Å². The molecule has 1 fully saturated rings. The number of para-hydroxylation sites is 1. The number of likely N-dealkylation sites (tertiary alicyclic amines) is 1. The van der Waals surface area contributed by atoms with Crippen LogP contribution in [-0.2, 0) is 6.42 Å². The average Bonchev–Trinajstić information content (AvgIpc) is 3.39. The van der Waals surface area contributed by atoms with Crippen molar-refractivity contribution in [3.8, 4) is 5.75 Å². The minimum absolute atomic E-state index is 0.262.